The fourth-order valence-corrected chi connectivity index (χ4v) is 2.42. The Kier molecular flexibility index (Phi) is 3.17. The molecule has 0 saturated carbocycles. The Hall–Kier alpha value is -2.68. The average Bonchev–Trinajstić information content (AvgIpc) is 2.96. The molecule has 0 atom stereocenters. The summed E-state index contributed by atoms with van der Waals surface area (Å²) in [6.45, 7) is 1.16. The topological polar surface area (TPSA) is 85.7 Å². The van der Waals surface area contributed by atoms with Crippen molar-refractivity contribution in [3.8, 4) is 6.07 Å². The minimum atomic E-state index is -0.114. The molecular formula is C14H13N5O. The number of aromatic amines is 1. The lowest BCUT2D eigenvalue weighted by molar-refractivity contribution is -0.129. The van der Waals surface area contributed by atoms with Gasteiger partial charge in [-0.25, -0.2) is 9.97 Å². The first-order valence-corrected chi connectivity index (χ1v) is 6.42. The van der Waals surface area contributed by atoms with Crippen molar-refractivity contribution >= 4 is 22.5 Å². The van der Waals surface area contributed by atoms with Crippen molar-refractivity contribution in [2.45, 2.75) is 12.8 Å². The number of amides is 1. The summed E-state index contributed by atoms with van der Waals surface area (Å²) in [5.74, 6) is -0.114. The molecule has 20 heavy (non-hydrogen) atoms. The highest BCUT2D eigenvalue weighted by molar-refractivity contribution is 5.88. The first-order chi connectivity index (χ1) is 9.79. The van der Waals surface area contributed by atoms with Crippen LogP contribution in [0.4, 0.5) is 0 Å². The van der Waals surface area contributed by atoms with E-state index in [1.165, 1.54) is 0 Å². The van der Waals surface area contributed by atoms with Gasteiger partial charge in [0.1, 0.15) is 18.4 Å². The largest absolute Gasteiger partial charge is 0.346 e. The SMILES string of the molecule is N#CCC(=O)N1CC=C(c2ncnc3[nH]ccc23)CC1. The Labute approximate surface area is 115 Å². The molecule has 0 bridgehead atoms. The molecule has 1 N–H and O–H groups in total. The van der Waals surface area contributed by atoms with E-state index in [0.29, 0.717) is 13.1 Å². The molecule has 0 aromatic carbocycles. The van der Waals surface area contributed by atoms with E-state index in [4.69, 9.17) is 5.26 Å². The van der Waals surface area contributed by atoms with Gasteiger partial charge in [0, 0.05) is 24.7 Å². The number of rotatable bonds is 2. The van der Waals surface area contributed by atoms with Gasteiger partial charge >= 0.3 is 0 Å². The van der Waals surface area contributed by atoms with Gasteiger partial charge in [0.2, 0.25) is 5.91 Å². The molecule has 0 fully saturated rings. The lowest BCUT2D eigenvalue weighted by Gasteiger charge is -2.25. The average molecular weight is 267 g/mol. The molecule has 1 amide bonds. The standard InChI is InChI=1S/C14H13N5O/c15-5-1-12(20)19-7-3-10(4-8-19)13-11-2-6-16-14(11)18-9-17-13/h2-3,6,9H,1,4,7-8H2,(H,16,17,18). The van der Waals surface area contributed by atoms with E-state index >= 15 is 0 Å². The predicted octanol–water partition coefficient (Wildman–Crippen LogP) is 1.49. The Morgan fingerprint density at radius 2 is 2.40 bits per heavy atom. The van der Waals surface area contributed by atoms with Crippen LogP contribution in [0.2, 0.25) is 0 Å². The van der Waals surface area contributed by atoms with Crippen LogP contribution < -0.4 is 0 Å². The van der Waals surface area contributed by atoms with Crippen molar-refractivity contribution in [2.24, 2.45) is 0 Å². The van der Waals surface area contributed by atoms with Crippen LogP contribution in [0.25, 0.3) is 16.6 Å². The molecule has 0 spiro atoms. The number of nitrogens with zero attached hydrogens (tertiary/aromatic N) is 4. The number of H-pyrrole nitrogens is 1. The number of hydrogen-bond donors (Lipinski definition) is 1. The van der Waals surface area contributed by atoms with E-state index < -0.39 is 0 Å². The van der Waals surface area contributed by atoms with E-state index in [2.05, 4.69) is 15.0 Å². The summed E-state index contributed by atoms with van der Waals surface area (Å²) in [5, 5.41) is 9.55. The fourth-order valence-electron chi connectivity index (χ4n) is 2.42. The van der Waals surface area contributed by atoms with Crippen molar-refractivity contribution in [1.29, 1.82) is 5.26 Å². The highest BCUT2D eigenvalue weighted by atomic mass is 16.2. The first-order valence-electron chi connectivity index (χ1n) is 6.42. The molecule has 0 aliphatic carbocycles. The number of fused-ring (bicyclic) bond motifs is 1. The molecule has 100 valence electrons. The number of nitrogens with one attached hydrogen (secondary N) is 1. The molecule has 6 nitrogen and oxygen atoms in total. The Morgan fingerprint density at radius 1 is 1.50 bits per heavy atom. The van der Waals surface area contributed by atoms with E-state index in [0.717, 1.165) is 28.7 Å². The third-order valence-electron chi connectivity index (χ3n) is 3.45. The third-order valence-corrected chi connectivity index (χ3v) is 3.45. The molecule has 2 aromatic rings. The maximum absolute atomic E-state index is 11.7. The second kappa shape index (κ2) is 5.13. The fraction of sp³-hybridized carbons (Fsp3) is 0.286. The number of carbonyl (C=O) groups is 1. The quantitative estimate of drug-likeness (QED) is 0.893. The third kappa shape index (κ3) is 2.14. The van der Waals surface area contributed by atoms with Crippen LogP contribution in [-0.2, 0) is 4.79 Å². The van der Waals surface area contributed by atoms with E-state index in [-0.39, 0.29) is 12.3 Å². The van der Waals surface area contributed by atoms with Crippen molar-refractivity contribution in [2.75, 3.05) is 13.1 Å². The van der Waals surface area contributed by atoms with Crippen molar-refractivity contribution in [3.63, 3.8) is 0 Å². The van der Waals surface area contributed by atoms with E-state index in [1.807, 2.05) is 24.4 Å². The van der Waals surface area contributed by atoms with Gasteiger partial charge in [-0.2, -0.15) is 5.26 Å². The van der Waals surface area contributed by atoms with Gasteiger partial charge in [-0.1, -0.05) is 6.08 Å². The van der Waals surface area contributed by atoms with Gasteiger partial charge < -0.3 is 9.88 Å². The molecule has 6 heteroatoms. The van der Waals surface area contributed by atoms with Crippen LogP contribution >= 0.6 is 0 Å². The normalized spacial score (nSPS) is 14.9. The molecule has 0 radical (unpaired) electrons. The molecule has 1 aliphatic heterocycles. The van der Waals surface area contributed by atoms with Crippen LogP contribution in [-0.4, -0.2) is 38.8 Å². The molecule has 3 rings (SSSR count). The number of aromatic nitrogens is 3. The van der Waals surface area contributed by atoms with Gasteiger partial charge in [-0.3, -0.25) is 4.79 Å². The summed E-state index contributed by atoms with van der Waals surface area (Å²) in [6, 6.07) is 3.85. The lowest BCUT2D eigenvalue weighted by atomic mass is 10.0. The number of hydrogen-bond acceptors (Lipinski definition) is 4. The zero-order valence-corrected chi connectivity index (χ0v) is 10.8. The number of nitriles is 1. The maximum Gasteiger partial charge on any atom is 0.237 e. The van der Waals surface area contributed by atoms with E-state index in [9.17, 15) is 4.79 Å². The van der Waals surface area contributed by atoms with Gasteiger partial charge in [0.25, 0.3) is 0 Å². The second-order valence-electron chi connectivity index (χ2n) is 4.62. The zero-order chi connectivity index (χ0) is 13.9. The van der Waals surface area contributed by atoms with Gasteiger partial charge in [-0.15, -0.1) is 0 Å². The highest BCUT2D eigenvalue weighted by Crippen LogP contribution is 2.26. The van der Waals surface area contributed by atoms with E-state index in [1.54, 1.807) is 11.2 Å². The molecule has 0 saturated heterocycles. The molecule has 1 aliphatic rings. The number of carbonyl (C=O) groups excluding carboxylic acids is 1. The summed E-state index contributed by atoms with van der Waals surface area (Å²) >= 11 is 0. The Morgan fingerprint density at radius 3 is 3.15 bits per heavy atom. The smallest absolute Gasteiger partial charge is 0.237 e. The van der Waals surface area contributed by atoms with Crippen LogP contribution in [0.15, 0.2) is 24.7 Å². The summed E-state index contributed by atoms with van der Waals surface area (Å²) in [7, 11) is 0. The molecule has 2 aromatic heterocycles. The van der Waals surface area contributed by atoms with Crippen molar-refractivity contribution in [1.82, 2.24) is 19.9 Å². The van der Waals surface area contributed by atoms with Gasteiger partial charge in [0.15, 0.2) is 0 Å². The maximum atomic E-state index is 11.7. The van der Waals surface area contributed by atoms with Crippen molar-refractivity contribution < 1.29 is 4.79 Å². The lowest BCUT2D eigenvalue weighted by Crippen LogP contribution is -2.34. The molecular weight excluding hydrogens is 254 g/mol. The van der Waals surface area contributed by atoms with Gasteiger partial charge in [0.05, 0.1) is 11.8 Å². The summed E-state index contributed by atoms with van der Waals surface area (Å²) in [6.07, 6.45) is 6.08. The van der Waals surface area contributed by atoms with Crippen LogP contribution in [0.1, 0.15) is 18.5 Å². The zero-order valence-electron chi connectivity index (χ0n) is 10.8. The van der Waals surface area contributed by atoms with Crippen LogP contribution in [0, 0.1) is 11.3 Å². The van der Waals surface area contributed by atoms with Crippen LogP contribution in [0.3, 0.4) is 0 Å². The summed E-state index contributed by atoms with van der Waals surface area (Å²) < 4.78 is 0. The molecule has 3 heterocycles. The predicted molar refractivity (Wildman–Crippen MR) is 73.3 cm³/mol. The van der Waals surface area contributed by atoms with Crippen molar-refractivity contribution in [3.05, 3.63) is 30.4 Å². The minimum absolute atomic E-state index is 0.0568. The van der Waals surface area contributed by atoms with Gasteiger partial charge in [-0.05, 0) is 18.1 Å². The minimum Gasteiger partial charge on any atom is -0.346 e. The monoisotopic (exact) mass is 267 g/mol. The molecule has 0 unspecified atom stereocenters. The first kappa shape index (κ1) is 12.4. The summed E-state index contributed by atoms with van der Waals surface area (Å²) in [5.41, 5.74) is 2.86. The second-order valence-corrected chi connectivity index (χ2v) is 4.62. The Bertz CT molecular complexity index is 724. The Balaban J connectivity index is 1.85. The summed E-state index contributed by atoms with van der Waals surface area (Å²) in [4.78, 5) is 24.9. The van der Waals surface area contributed by atoms with Crippen LogP contribution in [0.5, 0.6) is 0 Å². The highest BCUT2D eigenvalue weighted by Gasteiger charge is 2.19.